The summed E-state index contributed by atoms with van der Waals surface area (Å²) in [5.41, 5.74) is 1.67. The van der Waals surface area contributed by atoms with E-state index in [2.05, 4.69) is 17.4 Å². The van der Waals surface area contributed by atoms with Crippen LogP contribution in [-0.2, 0) is 5.41 Å². The van der Waals surface area contributed by atoms with Gasteiger partial charge in [0.15, 0.2) is 0 Å². The lowest BCUT2D eigenvalue weighted by atomic mass is 9.64. The Hall–Kier alpha value is -0.240. The predicted molar refractivity (Wildman–Crippen MR) is 82.2 cm³/mol. The maximum atomic E-state index is 6.25. The Bertz CT molecular complexity index is 446. The minimum Gasteiger partial charge on any atom is -0.313 e. The lowest BCUT2D eigenvalue weighted by Gasteiger charge is -2.43. The zero-order valence-electron chi connectivity index (χ0n) is 11.2. The minimum absolute atomic E-state index is 0.281. The molecular weight excluding hydrogens is 277 g/mol. The summed E-state index contributed by atoms with van der Waals surface area (Å²) in [7, 11) is 0. The van der Waals surface area contributed by atoms with E-state index in [0.29, 0.717) is 16.1 Å². The summed E-state index contributed by atoms with van der Waals surface area (Å²) >= 11 is 12.3. The highest BCUT2D eigenvalue weighted by atomic mass is 35.5. The van der Waals surface area contributed by atoms with E-state index in [-0.39, 0.29) is 5.41 Å². The van der Waals surface area contributed by atoms with Crippen LogP contribution in [0.5, 0.6) is 0 Å². The van der Waals surface area contributed by atoms with E-state index in [1.807, 2.05) is 6.07 Å². The van der Waals surface area contributed by atoms with Crippen molar-refractivity contribution in [3.63, 3.8) is 0 Å². The summed E-state index contributed by atoms with van der Waals surface area (Å²) in [6, 6.07) is 6.88. The first-order valence-electron chi connectivity index (χ1n) is 7.41. The molecule has 3 rings (SSSR count). The van der Waals surface area contributed by atoms with Gasteiger partial charge in [0.05, 0.1) is 10.0 Å². The molecule has 0 amide bonds. The zero-order chi connectivity index (χ0) is 13.3. The van der Waals surface area contributed by atoms with Gasteiger partial charge in [-0.3, -0.25) is 0 Å². The molecule has 0 aromatic heterocycles. The predicted octanol–water partition coefficient (Wildman–Crippen LogP) is 4.95. The van der Waals surface area contributed by atoms with Crippen LogP contribution in [0.1, 0.15) is 50.5 Å². The molecule has 2 aliphatic rings. The van der Waals surface area contributed by atoms with Crippen molar-refractivity contribution in [1.29, 1.82) is 0 Å². The molecule has 2 fully saturated rings. The van der Waals surface area contributed by atoms with Gasteiger partial charge >= 0.3 is 0 Å². The Morgan fingerprint density at radius 3 is 2.42 bits per heavy atom. The fraction of sp³-hybridized carbons (Fsp3) is 0.625. The van der Waals surface area contributed by atoms with Crippen molar-refractivity contribution >= 4 is 23.2 Å². The Balaban J connectivity index is 1.99. The van der Waals surface area contributed by atoms with E-state index in [4.69, 9.17) is 23.2 Å². The van der Waals surface area contributed by atoms with Gasteiger partial charge < -0.3 is 5.32 Å². The second kappa shape index (κ2) is 5.63. The van der Waals surface area contributed by atoms with Gasteiger partial charge in [0.25, 0.3) is 0 Å². The molecule has 1 aliphatic carbocycles. The number of benzene rings is 1. The van der Waals surface area contributed by atoms with Crippen LogP contribution < -0.4 is 5.32 Å². The molecule has 1 unspecified atom stereocenters. The number of hydrogen-bond acceptors (Lipinski definition) is 1. The second-order valence-corrected chi connectivity index (χ2v) is 6.81. The smallest absolute Gasteiger partial charge is 0.0595 e. The first kappa shape index (κ1) is 13.7. The van der Waals surface area contributed by atoms with Crippen LogP contribution >= 0.6 is 23.2 Å². The third kappa shape index (κ3) is 2.53. The SMILES string of the molecule is Clc1ccc(C2(C3CCCN3)CCCCC2)cc1Cl. The summed E-state index contributed by atoms with van der Waals surface area (Å²) < 4.78 is 0. The zero-order valence-corrected chi connectivity index (χ0v) is 12.7. The maximum absolute atomic E-state index is 6.25. The topological polar surface area (TPSA) is 12.0 Å². The quantitative estimate of drug-likeness (QED) is 0.814. The van der Waals surface area contributed by atoms with Gasteiger partial charge in [-0.15, -0.1) is 0 Å². The van der Waals surface area contributed by atoms with Crippen molar-refractivity contribution in [3.8, 4) is 0 Å². The van der Waals surface area contributed by atoms with Crippen LogP contribution in [0.2, 0.25) is 10.0 Å². The average molecular weight is 298 g/mol. The second-order valence-electron chi connectivity index (χ2n) is 5.99. The van der Waals surface area contributed by atoms with E-state index in [1.54, 1.807) is 0 Å². The molecule has 1 saturated carbocycles. The molecule has 1 saturated heterocycles. The van der Waals surface area contributed by atoms with Gasteiger partial charge in [-0.05, 0) is 49.9 Å². The fourth-order valence-electron chi connectivity index (χ4n) is 3.98. The lowest BCUT2D eigenvalue weighted by molar-refractivity contribution is 0.227. The van der Waals surface area contributed by atoms with Crippen LogP contribution in [0, 0.1) is 0 Å². The standard InChI is InChI=1S/C16H21Cl2N/c17-13-7-6-12(11-14(13)18)16(8-2-1-3-9-16)15-5-4-10-19-15/h6-7,11,15,19H,1-5,8-10H2. The molecule has 0 radical (unpaired) electrons. The summed E-state index contributed by atoms with van der Waals surface area (Å²) in [6.45, 7) is 1.16. The Kier molecular flexibility index (Phi) is 4.07. The molecule has 0 bridgehead atoms. The van der Waals surface area contributed by atoms with E-state index in [9.17, 15) is 0 Å². The highest BCUT2D eigenvalue weighted by Crippen LogP contribution is 2.45. The molecule has 0 spiro atoms. The average Bonchev–Trinajstić information content (AvgIpc) is 2.97. The van der Waals surface area contributed by atoms with Crippen molar-refractivity contribution in [2.24, 2.45) is 0 Å². The molecule has 1 N–H and O–H groups in total. The molecule has 1 nitrogen and oxygen atoms in total. The van der Waals surface area contributed by atoms with Crippen LogP contribution in [0.4, 0.5) is 0 Å². The molecule has 1 aromatic carbocycles. The third-order valence-electron chi connectivity index (χ3n) is 4.97. The molecule has 1 heterocycles. The molecule has 1 aliphatic heterocycles. The molecule has 1 atom stereocenters. The lowest BCUT2D eigenvalue weighted by Crippen LogP contribution is -2.46. The number of halogens is 2. The van der Waals surface area contributed by atoms with E-state index >= 15 is 0 Å². The highest BCUT2D eigenvalue weighted by molar-refractivity contribution is 6.42. The fourth-order valence-corrected chi connectivity index (χ4v) is 4.28. The highest BCUT2D eigenvalue weighted by Gasteiger charge is 2.42. The third-order valence-corrected chi connectivity index (χ3v) is 5.71. The minimum atomic E-state index is 0.281. The summed E-state index contributed by atoms with van der Waals surface area (Å²) in [6.07, 6.45) is 9.19. The van der Waals surface area contributed by atoms with Crippen molar-refractivity contribution in [2.45, 2.75) is 56.4 Å². The first-order valence-corrected chi connectivity index (χ1v) is 8.17. The van der Waals surface area contributed by atoms with Crippen molar-refractivity contribution < 1.29 is 0 Å². The van der Waals surface area contributed by atoms with Gasteiger partial charge in [0.2, 0.25) is 0 Å². The van der Waals surface area contributed by atoms with E-state index in [1.165, 1.54) is 50.5 Å². The molecular formula is C16H21Cl2N. The summed E-state index contributed by atoms with van der Waals surface area (Å²) in [4.78, 5) is 0. The first-order chi connectivity index (χ1) is 9.22. The molecule has 104 valence electrons. The molecule has 19 heavy (non-hydrogen) atoms. The van der Waals surface area contributed by atoms with Gasteiger partial charge in [-0.2, -0.15) is 0 Å². The van der Waals surface area contributed by atoms with Gasteiger partial charge in [0.1, 0.15) is 0 Å². The molecule has 3 heteroatoms. The van der Waals surface area contributed by atoms with Gasteiger partial charge in [0, 0.05) is 11.5 Å². The van der Waals surface area contributed by atoms with Gasteiger partial charge in [-0.1, -0.05) is 48.5 Å². The largest absolute Gasteiger partial charge is 0.313 e. The normalized spacial score (nSPS) is 26.5. The summed E-state index contributed by atoms with van der Waals surface area (Å²) in [5.74, 6) is 0. The monoisotopic (exact) mass is 297 g/mol. The van der Waals surface area contributed by atoms with Gasteiger partial charge in [-0.25, -0.2) is 0 Å². The van der Waals surface area contributed by atoms with Crippen LogP contribution in [0.15, 0.2) is 18.2 Å². The van der Waals surface area contributed by atoms with E-state index < -0.39 is 0 Å². The Morgan fingerprint density at radius 1 is 1.00 bits per heavy atom. The maximum Gasteiger partial charge on any atom is 0.0595 e. The Morgan fingerprint density at radius 2 is 1.79 bits per heavy atom. The van der Waals surface area contributed by atoms with Crippen LogP contribution in [0.25, 0.3) is 0 Å². The van der Waals surface area contributed by atoms with Crippen molar-refractivity contribution in [2.75, 3.05) is 6.54 Å². The number of nitrogens with one attached hydrogen (secondary N) is 1. The van der Waals surface area contributed by atoms with Crippen molar-refractivity contribution in [1.82, 2.24) is 5.32 Å². The van der Waals surface area contributed by atoms with E-state index in [0.717, 1.165) is 6.54 Å². The number of rotatable bonds is 2. The Labute approximate surface area is 125 Å². The summed E-state index contributed by atoms with van der Waals surface area (Å²) in [5, 5.41) is 5.08. The molecule has 1 aromatic rings. The van der Waals surface area contributed by atoms with Crippen molar-refractivity contribution in [3.05, 3.63) is 33.8 Å². The van der Waals surface area contributed by atoms with Crippen LogP contribution in [-0.4, -0.2) is 12.6 Å². The number of hydrogen-bond donors (Lipinski definition) is 1. The van der Waals surface area contributed by atoms with Crippen LogP contribution in [0.3, 0.4) is 0 Å².